The van der Waals surface area contributed by atoms with Crippen molar-refractivity contribution in [2.24, 2.45) is 0 Å². The van der Waals surface area contributed by atoms with Gasteiger partial charge in [0.15, 0.2) is 0 Å². The third-order valence-electron chi connectivity index (χ3n) is 2.89. The molecule has 0 heterocycles. The number of hydrogen-bond acceptors (Lipinski definition) is 4. The monoisotopic (exact) mass is 368 g/mol. The third-order valence-corrected chi connectivity index (χ3v) is 4.70. The maximum absolute atomic E-state index is 12.3. The molecule has 0 saturated carbocycles. The number of alkyl halides is 3. The largest absolute Gasteiger partial charge is 0.480 e. The van der Waals surface area contributed by atoms with Crippen LogP contribution in [-0.2, 0) is 19.6 Å². The Morgan fingerprint density at radius 1 is 1.25 bits per heavy atom. The summed E-state index contributed by atoms with van der Waals surface area (Å²) in [6.07, 6.45) is -6.55. The summed E-state index contributed by atoms with van der Waals surface area (Å²) in [5, 5.41) is 10.4. The van der Waals surface area contributed by atoms with Crippen LogP contribution in [0.3, 0.4) is 0 Å². The van der Waals surface area contributed by atoms with Gasteiger partial charge in [-0.15, -0.1) is 0 Å². The molecule has 0 fully saturated rings. The van der Waals surface area contributed by atoms with Gasteiger partial charge in [-0.2, -0.15) is 17.5 Å². The maximum Gasteiger partial charge on any atom is 0.391 e. The van der Waals surface area contributed by atoms with Crippen molar-refractivity contribution in [3.63, 3.8) is 0 Å². The molecule has 1 aromatic rings. The van der Waals surface area contributed by atoms with Gasteiger partial charge in [-0.05, 0) is 12.1 Å². The second-order valence-corrected chi connectivity index (χ2v) is 6.90. The van der Waals surface area contributed by atoms with Crippen molar-refractivity contribution in [1.82, 2.24) is 9.62 Å². The number of hydrogen-bond donors (Lipinski definition) is 2. The van der Waals surface area contributed by atoms with Crippen molar-refractivity contribution < 1.29 is 36.3 Å². The molecule has 0 aliphatic carbocycles. The number of nitrogens with one attached hydrogen (secondary N) is 1. The number of carboxylic acids is 1. The first kappa shape index (κ1) is 19.9. The summed E-state index contributed by atoms with van der Waals surface area (Å²) < 4.78 is 61.8. The minimum Gasteiger partial charge on any atom is -0.480 e. The van der Waals surface area contributed by atoms with Crippen molar-refractivity contribution in [2.45, 2.75) is 23.5 Å². The molecule has 0 bridgehead atoms. The van der Waals surface area contributed by atoms with Crippen LogP contribution in [-0.4, -0.2) is 55.5 Å². The van der Waals surface area contributed by atoms with E-state index in [9.17, 15) is 31.2 Å². The lowest BCUT2D eigenvalue weighted by Crippen LogP contribution is -2.47. The number of amides is 1. The highest BCUT2D eigenvalue weighted by molar-refractivity contribution is 7.89. The molecule has 1 amide bonds. The van der Waals surface area contributed by atoms with E-state index in [-0.39, 0.29) is 4.90 Å². The molecular weight excluding hydrogens is 353 g/mol. The highest BCUT2D eigenvalue weighted by atomic mass is 32.2. The van der Waals surface area contributed by atoms with Gasteiger partial charge >= 0.3 is 12.1 Å². The van der Waals surface area contributed by atoms with E-state index < -0.39 is 47.1 Å². The molecule has 1 rings (SSSR count). The van der Waals surface area contributed by atoms with Gasteiger partial charge in [0.25, 0.3) is 0 Å². The average molecular weight is 368 g/mol. The molecule has 2 N–H and O–H groups in total. The predicted octanol–water partition coefficient (Wildman–Crippen LogP) is 0.829. The predicted molar refractivity (Wildman–Crippen MR) is 76.5 cm³/mol. The van der Waals surface area contributed by atoms with Crippen molar-refractivity contribution >= 4 is 21.9 Å². The topological polar surface area (TPSA) is 104 Å². The van der Waals surface area contributed by atoms with Gasteiger partial charge in [-0.25, -0.2) is 13.2 Å². The number of sulfonamides is 1. The molecule has 0 aliphatic heterocycles. The molecule has 11 heteroatoms. The summed E-state index contributed by atoms with van der Waals surface area (Å²) in [4.78, 5) is 22.3. The maximum atomic E-state index is 12.3. The SMILES string of the molecule is CN(CC(=O)NC(CC(F)(F)F)C(=O)O)S(=O)(=O)c1ccccc1. The summed E-state index contributed by atoms with van der Waals surface area (Å²) >= 11 is 0. The van der Waals surface area contributed by atoms with Crippen molar-refractivity contribution in [2.75, 3.05) is 13.6 Å². The Morgan fingerprint density at radius 2 is 1.79 bits per heavy atom. The number of halogens is 3. The molecule has 1 unspecified atom stereocenters. The zero-order valence-electron chi connectivity index (χ0n) is 12.4. The summed E-state index contributed by atoms with van der Waals surface area (Å²) in [5.41, 5.74) is 0. The van der Waals surface area contributed by atoms with Gasteiger partial charge in [0.05, 0.1) is 17.9 Å². The summed E-state index contributed by atoms with van der Waals surface area (Å²) in [6, 6.07) is 4.89. The Morgan fingerprint density at radius 3 is 2.25 bits per heavy atom. The first-order valence-electron chi connectivity index (χ1n) is 6.54. The van der Waals surface area contributed by atoms with Crippen LogP contribution in [0.15, 0.2) is 35.2 Å². The number of aliphatic carboxylic acids is 1. The normalized spacial score (nSPS) is 13.5. The van der Waals surface area contributed by atoms with Crippen LogP contribution in [0, 0.1) is 0 Å². The number of rotatable bonds is 7. The van der Waals surface area contributed by atoms with Crippen molar-refractivity contribution in [3.8, 4) is 0 Å². The van der Waals surface area contributed by atoms with Crippen LogP contribution in [0.2, 0.25) is 0 Å². The Labute approximate surface area is 136 Å². The number of benzene rings is 1. The number of likely N-dealkylation sites (N-methyl/N-ethyl adjacent to an activating group) is 1. The molecule has 0 aliphatic rings. The van der Waals surface area contributed by atoms with Gasteiger partial charge in [0.2, 0.25) is 15.9 Å². The fraction of sp³-hybridized carbons (Fsp3) is 0.385. The van der Waals surface area contributed by atoms with Crippen LogP contribution < -0.4 is 5.32 Å². The van der Waals surface area contributed by atoms with Crippen LogP contribution in [0.5, 0.6) is 0 Å². The van der Waals surface area contributed by atoms with Gasteiger partial charge in [-0.3, -0.25) is 4.79 Å². The quantitative estimate of drug-likeness (QED) is 0.742. The number of nitrogens with zero attached hydrogens (tertiary/aromatic N) is 1. The smallest absolute Gasteiger partial charge is 0.391 e. The Balaban J connectivity index is 2.77. The van der Waals surface area contributed by atoms with E-state index in [1.807, 2.05) is 0 Å². The molecule has 7 nitrogen and oxygen atoms in total. The van der Waals surface area contributed by atoms with E-state index in [2.05, 4.69) is 0 Å². The second kappa shape index (κ2) is 7.62. The molecule has 0 saturated heterocycles. The van der Waals surface area contributed by atoms with E-state index >= 15 is 0 Å². The minimum absolute atomic E-state index is 0.106. The Bertz CT molecular complexity index is 691. The van der Waals surface area contributed by atoms with Crippen LogP contribution in [0.1, 0.15) is 6.42 Å². The molecular formula is C13H15F3N2O5S. The van der Waals surface area contributed by atoms with E-state index in [4.69, 9.17) is 5.11 Å². The van der Waals surface area contributed by atoms with Gasteiger partial charge in [0.1, 0.15) is 6.04 Å². The first-order valence-corrected chi connectivity index (χ1v) is 7.98. The molecule has 134 valence electrons. The van der Waals surface area contributed by atoms with Crippen LogP contribution in [0.25, 0.3) is 0 Å². The number of carbonyl (C=O) groups is 2. The highest BCUT2D eigenvalue weighted by Crippen LogP contribution is 2.21. The van der Waals surface area contributed by atoms with Gasteiger partial charge in [-0.1, -0.05) is 18.2 Å². The van der Waals surface area contributed by atoms with Crippen molar-refractivity contribution in [1.29, 1.82) is 0 Å². The van der Waals surface area contributed by atoms with Crippen LogP contribution in [0.4, 0.5) is 13.2 Å². The molecule has 1 atom stereocenters. The zero-order valence-corrected chi connectivity index (χ0v) is 13.3. The summed E-state index contributed by atoms with van der Waals surface area (Å²) in [6.45, 7) is -0.821. The summed E-state index contributed by atoms with van der Waals surface area (Å²) in [5.74, 6) is -3.03. The van der Waals surface area contributed by atoms with Crippen molar-refractivity contribution in [3.05, 3.63) is 30.3 Å². The van der Waals surface area contributed by atoms with E-state index in [1.165, 1.54) is 24.3 Å². The summed E-state index contributed by atoms with van der Waals surface area (Å²) in [7, 11) is -2.97. The van der Waals surface area contributed by atoms with Gasteiger partial charge in [0, 0.05) is 7.05 Å². The van der Waals surface area contributed by atoms with E-state index in [0.717, 1.165) is 7.05 Å². The minimum atomic E-state index is -4.79. The molecule has 0 radical (unpaired) electrons. The first-order chi connectivity index (χ1) is 10.9. The molecule has 1 aromatic carbocycles. The van der Waals surface area contributed by atoms with Crippen LogP contribution >= 0.6 is 0 Å². The zero-order chi connectivity index (χ0) is 18.5. The number of carbonyl (C=O) groups excluding carboxylic acids is 1. The molecule has 24 heavy (non-hydrogen) atoms. The standard InChI is InChI=1S/C13H15F3N2O5S/c1-18(24(22,23)9-5-3-2-4-6-9)8-11(19)17-10(12(20)21)7-13(14,15)16/h2-6,10H,7-8H2,1H3,(H,17,19)(H,20,21). The van der Waals surface area contributed by atoms with Gasteiger partial charge < -0.3 is 10.4 Å². The third kappa shape index (κ3) is 5.81. The lowest BCUT2D eigenvalue weighted by Gasteiger charge is -2.20. The Kier molecular flexibility index (Phi) is 6.32. The van der Waals surface area contributed by atoms with E-state index in [1.54, 1.807) is 11.4 Å². The fourth-order valence-corrected chi connectivity index (χ4v) is 2.88. The Hall–Kier alpha value is -2.14. The average Bonchev–Trinajstić information content (AvgIpc) is 2.45. The lowest BCUT2D eigenvalue weighted by molar-refractivity contribution is -0.160. The van der Waals surface area contributed by atoms with E-state index in [0.29, 0.717) is 4.31 Å². The second-order valence-electron chi connectivity index (χ2n) is 4.85. The fourth-order valence-electron chi connectivity index (χ4n) is 1.73. The highest BCUT2D eigenvalue weighted by Gasteiger charge is 2.36. The molecule has 0 spiro atoms. The lowest BCUT2D eigenvalue weighted by atomic mass is 10.2. The number of carboxylic acid groups (broad SMARTS) is 1. The molecule has 0 aromatic heterocycles.